The van der Waals surface area contributed by atoms with Crippen molar-refractivity contribution < 1.29 is 4.74 Å². The van der Waals surface area contributed by atoms with Gasteiger partial charge in [-0.2, -0.15) is 0 Å². The quantitative estimate of drug-likeness (QED) is 0.229. The highest BCUT2D eigenvalue weighted by atomic mass is 16.5. The number of hydrogen-bond donors (Lipinski definition) is 1. The number of rotatable bonds is 7. The molecule has 1 N–H and O–H groups in total. The van der Waals surface area contributed by atoms with Gasteiger partial charge in [0.05, 0.1) is 5.52 Å². The molecule has 0 saturated carbocycles. The molecule has 40 heavy (non-hydrogen) atoms. The van der Waals surface area contributed by atoms with E-state index in [0.29, 0.717) is 12.5 Å². The van der Waals surface area contributed by atoms with Crippen molar-refractivity contribution in [2.24, 2.45) is 0 Å². The lowest BCUT2D eigenvalue weighted by Gasteiger charge is -2.22. The van der Waals surface area contributed by atoms with Crippen molar-refractivity contribution in [3.05, 3.63) is 126 Å². The summed E-state index contributed by atoms with van der Waals surface area (Å²) in [4.78, 5) is 0. The number of fused-ring (bicyclic) bond motifs is 1. The monoisotopic (exact) mass is 528 g/mol. The maximum Gasteiger partial charge on any atom is 0.121 e. The van der Waals surface area contributed by atoms with Crippen molar-refractivity contribution >= 4 is 10.9 Å². The molecule has 1 aliphatic rings. The number of aromatic nitrogens is 1. The normalized spacial score (nSPS) is 14.5. The van der Waals surface area contributed by atoms with Crippen LogP contribution < -0.4 is 10.1 Å². The summed E-state index contributed by atoms with van der Waals surface area (Å²) in [5.74, 6) is 1.52. The first-order chi connectivity index (χ1) is 19.4. The molecule has 0 bridgehead atoms. The van der Waals surface area contributed by atoms with Crippen LogP contribution in [0.4, 0.5) is 0 Å². The molecule has 0 radical (unpaired) electrons. The molecule has 1 aliphatic heterocycles. The van der Waals surface area contributed by atoms with E-state index in [-0.39, 0.29) is 5.41 Å². The average Bonchev–Trinajstić information content (AvgIpc) is 3.34. The van der Waals surface area contributed by atoms with E-state index < -0.39 is 0 Å². The first kappa shape index (κ1) is 26.4. The summed E-state index contributed by atoms with van der Waals surface area (Å²) in [7, 11) is 0. The Morgan fingerprint density at radius 1 is 0.775 bits per heavy atom. The summed E-state index contributed by atoms with van der Waals surface area (Å²) in [5, 5.41) is 4.88. The standard InChI is InChI=1S/C37H40N2O/c1-37(2,3)32-15-11-27(12-16-32)24-39-25-35(31-19-21-38-22-20-31)34-18-17-33(23-36(34)39)40-26-28-9-13-30(14-10-28)29-7-5-4-6-8-29/h4-18,23,25,31,38H,19-22,24,26H2,1-3H3. The zero-order valence-corrected chi connectivity index (χ0v) is 24.0. The topological polar surface area (TPSA) is 26.2 Å². The molecular weight excluding hydrogens is 488 g/mol. The molecule has 5 aromatic rings. The zero-order valence-electron chi connectivity index (χ0n) is 24.0. The molecular formula is C37H40N2O. The summed E-state index contributed by atoms with van der Waals surface area (Å²) in [6, 6.07) is 35.0. The Kier molecular flexibility index (Phi) is 7.49. The fraction of sp³-hybridized carbons (Fsp3) is 0.297. The Hall–Kier alpha value is -3.82. The minimum Gasteiger partial charge on any atom is -0.489 e. The Morgan fingerprint density at radius 2 is 1.45 bits per heavy atom. The van der Waals surface area contributed by atoms with Crippen LogP contribution in [-0.2, 0) is 18.6 Å². The highest BCUT2D eigenvalue weighted by Gasteiger charge is 2.21. The third kappa shape index (κ3) is 5.85. The second kappa shape index (κ2) is 11.3. The van der Waals surface area contributed by atoms with E-state index in [4.69, 9.17) is 4.74 Å². The van der Waals surface area contributed by atoms with Gasteiger partial charge in [0.1, 0.15) is 12.4 Å². The maximum absolute atomic E-state index is 6.34. The summed E-state index contributed by atoms with van der Waals surface area (Å²) in [6.45, 7) is 10.4. The predicted molar refractivity (Wildman–Crippen MR) is 167 cm³/mol. The second-order valence-electron chi connectivity index (χ2n) is 12.2. The Balaban J connectivity index is 1.25. The molecule has 2 heterocycles. The third-order valence-electron chi connectivity index (χ3n) is 8.30. The van der Waals surface area contributed by atoms with Gasteiger partial charge < -0.3 is 14.6 Å². The van der Waals surface area contributed by atoms with Gasteiger partial charge in [0.25, 0.3) is 0 Å². The molecule has 6 rings (SSSR count). The predicted octanol–water partition coefficient (Wildman–Crippen LogP) is 8.70. The zero-order chi connectivity index (χ0) is 27.5. The number of hydrogen-bond acceptors (Lipinski definition) is 2. The van der Waals surface area contributed by atoms with Crippen molar-refractivity contribution in [2.75, 3.05) is 13.1 Å². The van der Waals surface area contributed by atoms with Crippen LogP contribution in [0.3, 0.4) is 0 Å². The first-order valence-corrected chi connectivity index (χ1v) is 14.6. The first-order valence-electron chi connectivity index (χ1n) is 14.6. The van der Waals surface area contributed by atoms with E-state index in [1.807, 2.05) is 0 Å². The SMILES string of the molecule is CC(C)(C)c1ccc(Cn2cc(C3CCNCC3)c3ccc(OCc4ccc(-c5ccccc5)cc4)cc32)cc1. The summed E-state index contributed by atoms with van der Waals surface area (Å²) in [5.41, 5.74) is 9.22. The van der Waals surface area contributed by atoms with Crippen LogP contribution >= 0.6 is 0 Å². The van der Waals surface area contributed by atoms with Gasteiger partial charge in [0.15, 0.2) is 0 Å². The van der Waals surface area contributed by atoms with Crippen molar-refractivity contribution in [1.82, 2.24) is 9.88 Å². The van der Waals surface area contributed by atoms with Crippen LogP contribution in [0, 0.1) is 0 Å². The molecule has 1 saturated heterocycles. The number of benzene rings is 4. The van der Waals surface area contributed by atoms with Gasteiger partial charge in [-0.25, -0.2) is 0 Å². The van der Waals surface area contributed by atoms with Crippen molar-refractivity contribution in [2.45, 2.75) is 58.1 Å². The minimum absolute atomic E-state index is 0.162. The van der Waals surface area contributed by atoms with Gasteiger partial charge in [-0.1, -0.05) is 99.6 Å². The molecule has 4 aromatic carbocycles. The highest BCUT2D eigenvalue weighted by molar-refractivity contribution is 5.86. The molecule has 0 amide bonds. The average molecular weight is 529 g/mol. The van der Waals surface area contributed by atoms with Gasteiger partial charge in [-0.15, -0.1) is 0 Å². The Labute approximate surface area is 238 Å². The lowest BCUT2D eigenvalue weighted by molar-refractivity contribution is 0.306. The summed E-state index contributed by atoms with van der Waals surface area (Å²) < 4.78 is 8.77. The number of nitrogens with zero attached hydrogens (tertiary/aromatic N) is 1. The van der Waals surface area contributed by atoms with Gasteiger partial charge in [0.2, 0.25) is 0 Å². The minimum atomic E-state index is 0.162. The van der Waals surface area contributed by atoms with E-state index in [0.717, 1.165) is 25.4 Å². The highest BCUT2D eigenvalue weighted by Crippen LogP contribution is 2.35. The molecule has 0 atom stereocenters. The molecule has 3 heteroatoms. The maximum atomic E-state index is 6.34. The van der Waals surface area contributed by atoms with E-state index >= 15 is 0 Å². The largest absolute Gasteiger partial charge is 0.489 e. The summed E-state index contributed by atoms with van der Waals surface area (Å²) >= 11 is 0. The van der Waals surface area contributed by atoms with Crippen LogP contribution in [0.2, 0.25) is 0 Å². The fourth-order valence-electron chi connectivity index (χ4n) is 5.88. The van der Waals surface area contributed by atoms with Gasteiger partial charge >= 0.3 is 0 Å². The van der Waals surface area contributed by atoms with Gasteiger partial charge in [-0.3, -0.25) is 0 Å². The number of ether oxygens (including phenoxy) is 1. The molecule has 0 unspecified atom stereocenters. The molecule has 0 aliphatic carbocycles. The fourth-order valence-corrected chi connectivity index (χ4v) is 5.88. The lowest BCUT2D eigenvalue weighted by atomic mass is 9.87. The molecule has 1 aromatic heterocycles. The van der Waals surface area contributed by atoms with Crippen molar-refractivity contribution in [3.63, 3.8) is 0 Å². The molecule has 0 spiro atoms. The molecule has 204 valence electrons. The third-order valence-corrected chi connectivity index (χ3v) is 8.30. The van der Waals surface area contributed by atoms with Gasteiger partial charge in [-0.05, 0) is 82.8 Å². The summed E-state index contributed by atoms with van der Waals surface area (Å²) in [6.07, 6.45) is 4.79. The van der Waals surface area contributed by atoms with Crippen LogP contribution in [-0.4, -0.2) is 17.7 Å². The van der Waals surface area contributed by atoms with E-state index in [9.17, 15) is 0 Å². The van der Waals surface area contributed by atoms with Gasteiger partial charge in [0, 0.05) is 24.2 Å². The Morgan fingerprint density at radius 3 is 2.15 bits per heavy atom. The number of nitrogens with one attached hydrogen (secondary N) is 1. The van der Waals surface area contributed by atoms with Crippen LogP contribution in [0.1, 0.15) is 61.8 Å². The lowest BCUT2D eigenvalue weighted by Crippen LogP contribution is -2.26. The molecule has 3 nitrogen and oxygen atoms in total. The van der Waals surface area contributed by atoms with Crippen LogP contribution in [0.15, 0.2) is 103 Å². The second-order valence-corrected chi connectivity index (χ2v) is 12.2. The van der Waals surface area contributed by atoms with E-state index in [1.54, 1.807) is 0 Å². The molecule has 1 fully saturated rings. The van der Waals surface area contributed by atoms with Crippen molar-refractivity contribution in [1.29, 1.82) is 0 Å². The Bertz CT molecular complexity index is 1550. The van der Waals surface area contributed by atoms with Crippen LogP contribution in [0.5, 0.6) is 5.75 Å². The van der Waals surface area contributed by atoms with E-state index in [1.165, 1.54) is 57.1 Å². The van der Waals surface area contributed by atoms with E-state index in [2.05, 4.69) is 134 Å². The van der Waals surface area contributed by atoms with Crippen LogP contribution in [0.25, 0.3) is 22.0 Å². The number of piperidine rings is 1. The smallest absolute Gasteiger partial charge is 0.121 e. The van der Waals surface area contributed by atoms with Crippen molar-refractivity contribution in [3.8, 4) is 16.9 Å².